The first-order valence-corrected chi connectivity index (χ1v) is 6.80. The summed E-state index contributed by atoms with van der Waals surface area (Å²) < 4.78 is 0. The van der Waals surface area contributed by atoms with E-state index in [1.54, 1.807) is 0 Å². The molecule has 3 aromatic carbocycles. The van der Waals surface area contributed by atoms with Gasteiger partial charge in [-0.15, -0.1) is 0 Å². The third kappa shape index (κ3) is 1.77. The van der Waals surface area contributed by atoms with Crippen LogP contribution in [0.1, 0.15) is 11.1 Å². The van der Waals surface area contributed by atoms with E-state index in [2.05, 4.69) is 46.9 Å². The minimum absolute atomic E-state index is 0.899. The summed E-state index contributed by atoms with van der Waals surface area (Å²) in [5.74, 6) is 0. The van der Waals surface area contributed by atoms with Gasteiger partial charge in [0.25, 0.3) is 0 Å². The second kappa shape index (κ2) is 4.49. The maximum absolute atomic E-state index is 4.60. The van der Waals surface area contributed by atoms with Crippen molar-refractivity contribution in [1.82, 2.24) is 0 Å². The minimum Gasteiger partial charge on any atom is -0.278 e. The summed E-state index contributed by atoms with van der Waals surface area (Å²) in [5.41, 5.74) is 7.90. The summed E-state index contributed by atoms with van der Waals surface area (Å²) in [6, 6.07) is 23.0. The van der Waals surface area contributed by atoms with Gasteiger partial charge in [0.1, 0.15) is 0 Å². The van der Waals surface area contributed by atoms with Gasteiger partial charge in [0.2, 0.25) is 0 Å². The summed E-state index contributed by atoms with van der Waals surface area (Å²) in [7, 11) is 0. The molecule has 0 saturated carbocycles. The third-order valence-corrected chi connectivity index (χ3v) is 3.75. The number of benzene rings is 3. The van der Waals surface area contributed by atoms with Crippen LogP contribution >= 0.6 is 0 Å². The summed E-state index contributed by atoms with van der Waals surface area (Å²) in [6.45, 7) is 0. The maximum atomic E-state index is 4.60. The molecule has 0 radical (unpaired) electrons. The zero-order chi connectivity index (χ0) is 13.4. The van der Waals surface area contributed by atoms with Gasteiger partial charge in [-0.25, -0.2) is 0 Å². The highest BCUT2D eigenvalue weighted by atomic mass is 15.3. The molecule has 0 atom stereocenters. The zero-order valence-corrected chi connectivity index (χ0v) is 11.0. The topological polar surface area (TPSA) is 24.4 Å². The Balaban J connectivity index is 1.75. The van der Waals surface area contributed by atoms with Gasteiger partial charge in [0.15, 0.2) is 0 Å². The Labute approximate surface area is 117 Å². The molecule has 2 nitrogen and oxygen atoms in total. The fraction of sp³-hybridized carbons (Fsp3) is 0.0556. The lowest BCUT2D eigenvalue weighted by molar-refractivity contribution is 1.29. The first kappa shape index (κ1) is 11.2. The van der Waals surface area contributed by atoms with Crippen LogP contribution in [0.25, 0.3) is 10.8 Å². The minimum atomic E-state index is 0.899. The Morgan fingerprint density at radius 1 is 0.800 bits per heavy atom. The van der Waals surface area contributed by atoms with E-state index in [9.17, 15) is 0 Å². The SMILES string of the molecule is c1ccc(NN=C2Cc3cccc4cccc2c34)cc1. The molecule has 1 aliphatic carbocycles. The predicted molar refractivity (Wildman–Crippen MR) is 84.3 cm³/mol. The lowest BCUT2D eigenvalue weighted by Crippen LogP contribution is -2.02. The Hall–Kier alpha value is -2.61. The van der Waals surface area contributed by atoms with Gasteiger partial charge >= 0.3 is 0 Å². The van der Waals surface area contributed by atoms with Crippen molar-refractivity contribution in [3.63, 3.8) is 0 Å². The molecular weight excluding hydrogens is 244 g/mol. The first-order valence-electron chi connectivity index (χ1n) is 6.80. The Morgan fingerprint density at radius 2 is 1.60 bits per heavy atom. The molecule has 0 heterocycles. The van der Waals surface area contributed by atoms with E-state index >= 15 is 0 Å². The number of para-hydroxylation sites is 1. The van der Waals surface area contributed by atoms with Crippen LogP contribution in [0.4, 0.5) is 5.69 Å². The van der Waals surface area contributed by atoms with E-state index in [0.717, 1.165) is 17.8 Å². The number of rotatable bonds is 2. The molecular formula is C18H14N2. The molecule has 2 heteroatoms. The van der Waals surface area contributed by atoms with Crippen molar-refractivity contribution in [2.75, 3.05) is 5.43 Å². The molecule has 4 rings (SSSR count). The fourth-order valence-electron chi connectivity index (χ4n) is 2.83. The number of nitrogens with one attached hydrogen (secondary N) is 1. The van der Waals surface area contributed by atoms with Crippen LogP contribution in [0.5, 0.6) is 0 Å². The van der Waals surface area contributed by atoms with Gasteiger partial charge in [0.05, 0.1) is 11.4 Å². The number of anilines is 1. The van der Waals surface area contributed by atoms with Crippen molar-refractivity contribution in [1.29, 1.82) is 0 Å². The molecule has 0 saturated heterocycles. The second-order valence-corrected chi connectivity index (χ2v) is 5.03. The zero-order valence-electron chi connectivity index (χ0n) is 11.0. The van der Waals surface area contributed by atoms with Gasteiger partial charge in [-0.3, -0.25) is 5.43 Å². The van der Waals surface area contributed by atoms with Crippen molar-refractivity contribution < 1.29 is 0 Å². The predicted octanol–water partition coefficient (Wildman–Crippen LogP) is 4.21. The summed E-state index contributed by atoms with van der Waals surface area (Å²) >= 11 is 0. The van der Waals surface area contributed by atoms with Gasteiger partial charge in [-0.2, -0.15) is 5.10 Å². The molecule has 3 aromatic rings. The van der Waals surface area contributed by atoms with Gasteiger partial charge in [0, 0.05) is 12.0 Å². The van der Waals surface area contributed by atoms with Crippen molar-refractivity contribution in [2.45, 2.75) is 6.42 Å². The highest BCUT2D eigenvalue weighted by Gasteiger charge is 2.19. The van der Waals surface area contributed by atoms with Crippen LogP contribution in [-0.2, 0) is 6.42 Å². The average Bonchev–Trinajstić information content (AvgIpc) is 2.87. The van der Waals surface area contributed by atoms with Crippen molar-refractivity contribution in [2.24, 2.45) is 5.10 Å². The molecule has 20 heavy (non-hydrogen) atoms. The quantitative estimate of drug-likeness (QED) is 0.684. The van der Waals surface area contributed by atoms with Crippen LogP contribution < -0.4 is 5.43 Å². The molecule has 1 N–H and O–H groups in total. The molecule has 1 aliphatic rings. The van der Waals surface area contributed by atoms with Crippen LogP contribution in [0.3, 0.4) is 0 Å². The normalized spacial score (nSPS) is 14.9. The largest absolute Gasteiger partial charge is 0.278 e. The lowest BCUT2D eigenvalue weighted by Gasteiger charge is -2.03. The highest BCUT2D eigenvalue weighted by molar-refractivity contribution is 6.18. The maximum Gasteiger partial charge on any atom is 0.0729 e. The molecule has 0 fully saturated rings. The number of hydrazone groups is 1. The lowest BCUT2D eigenvalue weighted by atomic mass is 10.1. The first-order chi connectivity index (χ1) is 9.92. The second-order valence-electron chi connectivity index (χ2n) is 5.03. The van der Waals surface area contributed by atoms with Crippen molar-refractivity contribution in [3.8, 4) is 0 Å². The van der Waals surface area contributed by atoms with E-state index in [4.69, 9.17) is 0 Å². The third-order valence-electron chi connectivity index (χ3n) is 3.75. The van der Waals surface area contributed by atoms with Crippen molar-refractivity contribution in [3.05, 3.63) is 77.9 Å². The molecule has 96 valence electrons. The van der Waals surface area contributed by atoms with Gasteiger partial charge in [-0.1, -0.05) is 54.6 Å². The van der Waals surface area contributed by atoms with Crippen LogP contribution in [0.2, 0.25) is 0 Å². The van der Waals surface area contributed by atoms with Crippen LogP contribution in [-0.4, -0.2) is 5.71 Å². The Bertz CT molecular complexity index is 799. The molecule has 0 amide bonds. The standard InChI is InChI=1S/C18H14N2/c1-2-9-15(10-3-1)19-20-17-12-14-8-4-6-13-7-5-11-16(17)18(13)14/h1-11,19H,12H2. The monoisotopic (exact) mass is 258 g/mol. The highest BCUT2D eigenvalue weighted by Crippen LogP contribution is 2.30. The molecule has 0 spiro atoms. The average molecular weight is 258 g/mol. The molecule has 0 aromatic heterocycles. The van der Waals surface area contributed by atoms with E-state index in [1.807, 2.05) is 30.3 Å². The number of hydrogen-bond donors (Lipinski definition) is 1. The smallest absolute Gasteiger partial charge is 0.0729 e. The summed E-state index contributed by atoms with van der Waals surface area (Å²) in [6.07, 6.45) is 0.899. The molecule has 0 aliphatic heterocycles. The number of nitrogens with zero attached hydrogens (tertiary/aromatic N) is 1. The fourth-order valence-corrected chi connectivity index (χ4v) is 2.83. The van der Waals surface area contributed by atoms with E-state index in [1.165, 1.54) is 21.9 Å². The summed E-state index contributed by atoms with van der Waals surface area (Å²) in [5, 5.41) is 7.25. The summed E-state index contributed by atoms with van der Waals surface area (Å²) in [4.78, 5) is 0. The number of hydrogen-bond acceptors (Lipinski definition) is 2. The van der Waals surface area contributed by atoms with Gasteiger partial charge in [-0.05, 0) is 28.5 Å². The van der Waals surface area contributed by atoms with Crippen LogP contribution in [0.15, 0.2) is 71.8 Å². The van der Waals surface area contributed by atoms with Gasteiger partial charge < -0.3 is 0 Å². The van der Waals surface area contributed by atoms with Crippen molar-refractivity contribution >= 4 is 22.2 Å². The molecule has 0 unspecified atom stereocenters. The van der Waals surface area contributed by atoms with E-state index in [-0.39, 0.29) is 0 Å². The van der Waals surface area contributed by atoms with E-state index in [0.29, 0.717) is 0 Å². The molecule has 0 bridgehead atoms. The Morgan fingerprint density at radius 3 is 2.45 bits per heavy atom. The van der Waals surface area contributed by atoms with E-state index < -0.39 is 0 Å². The Kier molecular flexibility index (Phi) is 2.52. The van der Waals surface area contributed by atoms with Crippen LogP contribution in [0, 0.1) is 0 Å².